The van der Waals surface area contributed by atoms with Crippen LogP contribution in [0.5, 0.6) is 0 Å². The number of amides is 1. The zero-order valence-corrected chi connectivity index (χ0v) is 5.66. The van der Waals surface area contributed by atoms with Crippen LogP contribution < -0.4 is 5.32 Å². The fourth-order valence-electron chi connectivity index (χ4n) is 0.614. The molecule has 0 aliphatic carbocycles. The summed E-state index contributed by atoms with van der Waals surface area (Å²) < 4.78 is 0. The molecule has 1 rings (SSSR count). The van der Waals surface area contributed by atoms with Crippen molar-refractivity contribution in [3.8, 4) is 0 Å². The van der Waals surface area contributed by atoms with Crippen molar-refractivity contribution >= 4 is 12.2 Å². The van der Waals surface area contributed by atoms with Crippen LogP contribution in [-0.4, -0.2) is 11.4 Å². The van der Waals surface area contributed by atoms with Crippen molar-refractivity contribution in [2.45, 2.75) is 6.92 Å². The quantitative estimate of drug-likeness (QED) is 0.615. The third-order valence-corrected chi connectivity index (χ3v) is 1.12. The first-order valence-electron chi connectivity index (χ1n) is 2.96. The lowest BCUT2D eigenvalue weighted by Gasteiger charge is -1.95. The Morgan fingerprint density at radius 1 is 1.60 bits per heavy atom. The monoisotopic (exact) mass is 136 g/mol. The summed E-state index contributed by atoms with van der Waals surface area (Å²) >= 11 is 0. The van der Waals surface area contributed by atoms with Crippen LogP contribution in [0.4, 0.5) is 5.82 Å². The maximum atomic E-state index is 9.91. The molecule has 3 nitrogen and oxygen atoms in total. The van der Waals surface area contributed by atoms with Crippen LogP contribution >= 0.6 is 0 Å². The molecule has 0 radical (unpaired) electrons. The largest absolute Gasteiger partial charge is 0.313 e. The van der Waals surface area contributed by atoms with Gasteiger partial charge in [-0.25, -0.2) is 4.98 Å². The molecule has 0 aromatic carbocycles. The molecule has 0 spiro atoms. The molecule has 1 heterocycles. The van der Waals surface area contributed by atoms with Gasteiger partial charge >= 0.3 is 0 Å². The van der Waals surface area contributed by atoms with E-state index in [1.807, 2.05) is 13.0 Å². The number of carbonyl (C=O) groups is 1. The predicted molar refractivity (Wildman–Crippen MR) is 38.7 cm³/mol. The zero-order valence-electron chi connectivity index (χ0n) is 5.66. The van der Waals surface area contributed by atoms with Crippen molar-refractivity contribution in [2.24, 2.45) is 0 Å². The molecule has 0 atom stereocenters. The van der Waals surface area contributed by atoms with Crippen molar-refractivity contribution in [2.75, 3.05) is 5.32 Å². The van der Waals surface area contributed by atoms with Crippen LogP contribution in [0.15, 0.2) is 18.3 Å². The number of rotatable bonds is 2. The van der Waals surface area contributed by atoms with Gasteiger partial charge in [0, 0.05) is 6.20 Å². The van der Waals surface area contributed by atoms with Gasteiger partial charge in [0.15, 0.2) is 0 Å². The maximum Gasteiger partial charge on any atom is 0.212 e. The highest BCUT2D eigenvalue weighted by molar-refractivity contribution is 5.68. The summed E-state index contributed by atoms with van der Waals surface area (Å²) in [5.74, 6) is 0.584. The number of hydrogen-bond acceptors (Lipinski definition) is 2. The van der Waals surface area contributed by atoms with Gasteiger partial charge in [-0.3, -0.25) is 4.79 Å². The van der Waals surface area contributed by atoms with Crippen LogP contribution in [0.3, 0.4) is 0 Å². The van der Waals surface area contributed by atoms with E-state index in [0.717, 1.165) is 5.56 Å². The van der Waals surface area contributed by atoms with E-state index in [9.17, 15) is 4.79 Å². The van der Waals surface area contributed by atoms with Gasteiger partial charge in [0.05, 0.1) is 0 Å². The van der Waals surface area contributed by atoms with E-state index in [1.165, 1.54) is 0 Å². The lowest BCUT2D eigenvalue weighted by atomic mass is 10.3. The Kier molecular flexibility index (Phi) is 1.99. The number of nitrogens with zero attached hydrogens (tertiary/aromatic N) is 1. The number of pyridine rings is 1. The van der Waals surface area contributed by atoms with E-state index in [0.29, 0.717) is 12.2 Å². The lowest BCUT2D eigenvalue weighted by molar-refractivity contribution is -0.105. The first-order valence-corrected chi connectivity index (χ1v) is 2.96. The molecule has 1 N–H and O–H groups in total. The van der Waals surface area contributed by atoms with Gasteiger partial charge in [0.25, 0.3) is 0 Å². The van der Waals surface area contributed by atoms with Gasteiger partial charge in [0.1, 0.15) is 5.82 Å². The maximum absolute atomic E-state index is 9.91. The van der Waals surface area contributed by atoms with Gasteiger partial charge in [-0.1, -0.05) is 6.07 Å². The number of aryl methyl sites for hydroxylation is 1. The average molecular weight is 136 g/mol. The standard InChI is InChI=1S/C7H8N2O/c1-6-2-3-7(8-4-6)9-5-10/h2-5H,1H3,(H,8,9,10). The average Bonchev–Trinajstić information content (AvgIpc) is 1.95. The molecule has 0 saturated carbocycles. The summed E-state index contributed by atoms with van der Waals surface area (Å²) in [6.45, 7) is 1.94. The van der Waals surface area contributed by atoms with Gasteiger partial charge in [-0.15, -0.1) is 0 Å². The Bertz CT molecular complexity index is 218. The molecule has 0 unspecified atom stereocenters. The second kappa shape index (κ2) is 2.96. The van der Waals surface area contributed by atoms with Crippen LogP contribution in [-0.2, 0) is 4.79 Å². The second-order valence-corrected chi connectivity index (χ2v) is 1.98. The number of aromatic nitrogens is 1. The predicted octanol–water partition coefficient (Wildman–Crippen LogP) is 0.958. The van der Waals surface area contributed by atoms with E-state index in [4.69, 9.17) is 0 Å². The van der Waals surface area contributed by atoms with Crippen molar-refractivity contribution in [1.29, 1.82) is 0 Å². The van der Waals surface area contributed by atoms with E-state index in [2.05, 4.69) is 10.3 Å². The Balaban J connectivity index is 2.78. The number of anilines is 1. The van der Waals surface area contributed by atoms with E-state index < -0.39 is 0 Å². The van der Waals surface area contributed by atoms with Crippen LogP contribution in [0.25, 0.3) is 0 Å². The summed E-state index contributed by atoms with van der Waals surface area (Å²) in [7, 11) is 0. The minimum atomic E-state index is 0.584. The number of hydrogen-bond donors (Lipinski definition) is 1. The van der Waals surface area contributed by atoms with Crippen molar-refractivity contribution < 1.29 is 4.79 Å². The summed E-state index contributed by atoms with van der Waals surface area (Å²) in [5.41, 5.74) is 1.08. The van der Waals surface area contributed by atoms with Crippen molar-refractivity contribution in [3.05, 3.63) is 23.9 Å². The van der Waals surface area contributed by atoms with E-state index in [-0.39, 0.29) is 0 Å². The Hall–Kier alpha value is -1.38. The first-order chi connectivity index (χ1) is 4.83. The molecule has 0 aliphatic rings. The summed E-state index contributed by atoms with van der Waals surface area (Å²) in [5, 5.41) is 2.44. The third kappa shape index (κ3) is 1.55. The smallest absolute Gasteiger partial charge is 0.212 e. The molecule has 0 saturated heterocycles. The highest BCUT2D eigenvalue weighted by atomic mass is 16.1. The highest BCUT2D eigenvalue weighted by Gasteiger charge is 1.87. The molecular weight excluding hydrogens is 128 g/mol. The van der Waals surface area contributed by atoms with Gasteiger partial charge < -0.3 is 5.32 Å². The molecule has 1 aromatic rings. The summed E-state index contributed by atoms with van der Waals surface area (Å²) in [6.07, 6.45) is 2.31. The van der Waals surface area contributed by atoms with Gasteiger partial charge in [0.2, 0.25) is 6.41 Å². The topological polar surface area (TPSA) is 42.0 Å². The van der Waals surface area contributed by atoms with E-state index in [1.54, 1.807) is 12.3 Å². The number of nitrogens with one attached hydrogen (secondary N) is 1. The van der Waals surface area contributed by atoms with Crippen molar-refractivity contribution in [1.82, 2.24) is 4.98 Å². The molecule has 1 amide bonds. The Morgan fingerprint density at radius 3 is 2.90 bits per heavy atom. The molecule has 3 heteroatoms. The third-order valence-electron chi connectivity index (χ3n) is 1.12. The van der Waals surface area contributed by atoms with Crippen LogP contribution in [0.1, 0.15) is 5.56 Å². The lowest BCUT2D eigenvalue weighted by Crippen LogP contribution is -1.95. The molecule has 0 bridgehead atoms. The molecule has 1 aromatic heterocycles. The minimum absolute atomic E-state index is 0.584. The zero-order chi connectivity index (χ0) is 7.40. The highest BCUT2D eigenvalue weighted by Crippen LogP contribution is 2.01. The Labute approximate surface area is 59.1 Å². The molecule has 10 heavy (non-hydrogen) atoms. The molecule has 52 valence electrons. The molecule has 0 aliphatic heterocycles. The Morgan fingerprint density at radius 2 is 2.40 bits per heavy atom. The first kappa shape index (κ1) is 6.74. The summed E-state index contributed by atoms with van der Waals surface area (Å²) in [4.78, 5) is 13.8. The number of carbonyl (C=O) groups excluding carboxylic acids is 1. The molecular formula is C7H8N2O. The fraction of sp³-hybridized carbons (Fsp3) is 0.143. The van der Waals surface area contributed by atoms with Gasteiger partial charge in [-0.2, -0.15) is 0 Å². The second-order valence-electron chi connectivity index (χ2n) is 1.98. The van der Waals surface area contributed by atoms with Crippen molar-refractivity contribution in [3.63, 3.8) is 0 Å². The summed E-state index contributed by atoms with van der Waals surface area (Å²) in [6, 6.07) is 3.64. The molecule has 0 fully saturated rings. The SMILES string of the molecule is Cc1ccc(NC=O)nc1. The van der Waals surface area contributed by atoms with E-state index >= 15 is 0 Å². The van der Waals surface area contributed by atoms with Crippen LogP contribution in [0, 0.1) is 6.92 Å². The van der Waals surface area contributed by atoms with Crippen LogP contribution in [0.2, 0.25) is 0 Å². The minimum Gasteiger partial charge on any atom is -0.313 e. The van der Waals surface area contributed by atoms with Gasteiger partial charge in [-0.05, 0) is 18.6 Å². The normalized spacial score (nSPS) is 8.90. The fourth-order valence-corrected chi connectivity index (χ4v) is 0.614.